The SMILES string of the molecule is CC(C)CC(CO)N1CCNC1=O. The second-order valence-electron chi connectivity index (χ2n) is 3.89. The molecule has 0 aromatic heterocycles. The third-order valence-corrected chi connectivity index (χ3v) is 2.28. The van der Waals surface area contributed by atoms with E-state index in [1.807, 2.05) is 0 Å². The summed E-state index contributed by atoms with van der Waals surface area (Å²) in [4.78, 5) is 13.0. The smallest absolute Gasteiger partial charge is 0.317 e. The summed E-state index contributed by atoms with van der Waals surface area (Å²) in [6.07, 6.45) is 0.865. The molecule has 13 heavy (non-hydrogen) atoms. The number of hydrogen-bond acceptors (Lipinski definition) is 2. The van der Waals surface area contributed by atoms with Gasteiger partial charge in [0.1, 0.15) is 0 Å². The molecule has 0 aromatic carbocycles. The zero-order valence-corrected chi connectivity index (χ0v) is 8.29. The fraction of sp³-hybridized carbons (Fsp3) is 0.889. The summed E-state index contributed by atoms with van der Waals surface area (Å²) >= 11 is 0. The molecule has 1 fully saturated rings. The van der Waals surface area contributed by atoms with Gasteiger partial charge in [-0.3, -0.25) is 0 Å². The van der Waals surface area contributed by atoms with E-state index in [1.165, 1.54) is 0 Å². The number of urea groups is 1. The Morgan fingerprint density at radius 3 is 2.69 bits per heavy atom. The zero-order valence-electron chi connectivity index (χ0n) is 8.29. The molecule has 2 amide bonds. The minimum absolute atomic E-state index is 0.0116. The van der Waals surface area contributed by atoms with Gasteiger partial charge in [0, 0.05) is 13.1 Å². The van der Waals surface area contributed by atoms with E-state index < -0.39 is 0 Å². The molecule has 0 saturated carbocycles. The summed E-state index contributed by atoms with van der Waals surface area (Å²) < 4.78 is 0. The molecule has 4 heteroatoms. The highest BCUT2D eigenvalue weighted by Crippen LogP contribution is 2.13. The van der Waals surface area contributed by atoms with E-state index in [0.717, 1.165) is 13.0 Å². The van der Waals surface area contributed by atoms with Crippen molar-refractivity contribution in [2.24, 2.45) is 5.92 Å². The van der Waals surface area contributed by atoms with Gasteiger partial charge in [0.25, 0.3) is 0 Å². The van der Waals surface area contributed by atoms with Crippen LogP contribution in [0.2, 0.25) is 0 Å². The van der Waals surface area contributed by atoms with Gasteiger partial charge < -0.3 is 15.3 Å². The van der Waals surface area contributed by atoms with Crippen molar-refractivity contribution in [1.82, 2.24) is 10.2 Å². The fourth-order valence-corrected chi connectivity index (χ4v) is 1.68. The first-order chi connectivity index (χ1) is 6.15. The van der Waals surface area contributed by atoms with E-state index in [1.54, 1.807) is 4.90 Å². The third-order valence-electron chi connectivity index (χ3n) is 2.28. The van der Waals surface area contributed by atoms with Crippen molar-refractivity contribution in [2.75, 3.05) is 19.7 Å². The molecular formula is C9H18N2O2. The molecule has 1 heterocycles. The predicted molar refractivity (Wildman–Crippen MR) is 50.4 cm³/mol. The van der Waals surface area contributed by atoms with Crippen LogP contribution in [0.4, 0.5) is 4.79 Å². The molecule has 0 spiro atoms. The van der Waals surface area contributed by atoms with Gasteiger partial charge in [-0.05, 0) is 12.3 Å². The lowest BCUT2D eigenvalue weighted by Crippen LogP contribution is -2.41. The van der Waals surface area contributed by atoms with Gasteiger partial charge in [-0.15, -0.1) is 0 Å². The van der Waals surface area contributed by atoms with Crippen LogP contribution in [0.5, 0.6) is 0 Å². The molecule has 2 N–H and O–H groups in total. The van der Waals surface area contributed by atoms with Crippen molar-refractivity contribution in [2.45, 2.75) is 26.3 Å². The van der Waals surface area contributed by atoms with E-state index in [2.05, 4.69) is 19.2 Å². The first kappa shape index (κ1) is 10.3. The standard InChI is InChI=1S/C9H18N2O2/c1-7(2)5-8(6-12)11-4-3-10-9(11)13/h7-8,12H,3-6H2,1-2H3,(H,10,13). The summed E-state index contributed by atoms with van der Waals surface area (Å²) in [6.45, 7) is 5.67. The highest BCUT2D eigenvalue weighted by Gasteiger charge is 2.27. The number of nitrogens with zero attached hydrogens (tertiary/aromatic N) is 1. The molecule has 4 nitrogen and oxygen atoms in total. The number of carbonyl (C=O) groups excluding carboxylic acids is 1. The van der Waals surface area contributed by atoms with Crippen LogP contribution >= 0.6 is 0 Å². The quantitative estimate of drug-likeness (QED) is 0.668. The lowest BCUT2D eigenvalue weighted by molar-refractivity contribution is 0.138. The van der Waals surface area contributed by atoms with E-state index in [9.17, 15) is 4.79 Å². The van der Waals surface area contributed by atoms with Gasteiger partial charge in [0.05, 0.1) is 12.6 Å². The van der Waals surface area contributed by atoms with Crippen LogP contribution in [0.15, 0.2) is 0 Å². The number of amides is 2. The van der Waals surface area contributed by atoms with Crippen molar-refractivity contribution in [3.8, 4) is 0 Å². The highest BCUT2D eigenvalue weighted by atomic mass is 16.3. The Morgan fingerprint density at radius 1 is 1.62 bits per heavy atom. The highest BCUT2D eigenvalue weighted by molar-refractivity contribution is 5.76. The van der Waals surface area contributed by atoms with E-state index in [-0.39, 0.29) is 18.7 Å². The van der Waals surface area contributed by atoms with Crippen molar-refractivity contribution in [3.63, 3.8) is 0 Å². The molecule has 0 aliphatic carbocycles. The molecule has 0 aromatic rings. The molecular weight excluding hydrogens is 168 g/mol. The van der Waals surface area contributed by atoms with Crippen LogP contribution < -0.4 is 5.32 Å². The largest absolute Gasteiger partial charge is 0.394 e. The summed E-state index contributed by atoms with van der Waals surface area (Å²) in [5, 5.41) is 11.9. The molecule has 1 aliphatic rings. The molecule has 0 bridgehead atoms. The monoisotopic (exact) mass is 186 g/mol. The number of hydrogen-bond donors (Lipinski definition) is 2. The summed E-state index contributed by atoms with van der Waals surface area (Å²) in [5.41, 5.74) is 0. The lowest BCUT2D eigenvalue weighted by Gasteiger charge is -2.26. The first-order valence-electron chi connectivity index (χ1n) is 4.80. The Kier molecular flexibility index (Phi) is 3.54. The Labute approximate surface area is 78.9 Å². The summed E-state index contributed by atoms with van der Waals surface area (Å²) in [7, 11) is 0. The lowest BCUT2D eigenvalue weighted by atomic mass is 10.0. The third kappa shape index (κ3) is 2.59. The van der Waals surface area contributed by atoms with Crippen molar-refractivity contribution < 1.29 is 9.90 Å². The average molecular weight is 186 g/mol. The minimum Gasteiger partial charge on any atom is -0.394 e. The van der Waals surface area contributed by atoms with Crippen LogP contribution in [-0.4, -0.2) is 41.8 Å². The van der Waals surface area contributed by atoms with Gasteiger partial charge in [0.2, 0.25) is 0 Å². The summed E-state index contributed by atoms with van der Waals surface area (Å²) in [5.74, 6) is 0.505. The second kappa shape index (κ2) is 4.46. The molecule has 1 saturated heterocycles. The zero-order chi connectivity index (χ0) is 9.84. The molecule has 1 aliphatic heterocycles. The number of nitrogens with one attached hydrogen (secondary N) is 1. The summed E-state index contributed by atoms with van der Waals surface area (Å²) in [6, 6.07) is -0.0535. The topological polar surface area (TPSA) is 52.6 Å². The molecule has 1 atom stereocenters. The maximum atomic E-state index is 11.3. The van der Waals surface area contributed by atoms with Crippen LogP contribution in [-0.2, 0) is 0 Å². The second-order valence-corrected chi connectivity index (χ2v) is 3.89. The van der Waals surface area contributed by atoms with Crippen LogP contribution in [0, 0.1) is 5.92 Å². The van der Waals surface area contributed by atoms with E-state index in [4.69, 9.17) is 5.11 Å². The van der Waals surface area contributed by atoms with Crippen molar-refractivity contribution in [1.29, 1.82) is 0 Å². The van der Waals surface area contributed by atoms with E-state index >= 15 is 0 Å². The Morgan fingerprint density at radius 2 is 2.31 bits per heavy atom. The van der Waals surface area contributed by atoms with Crippen LogP contribution in [0.3, 0.4) is 0 Å². The number of carbonyl (C=O) groups is 1. The predicted octanol–water partition coefficient (Wildman–Crippen LogP) is 0.419. The minimum atomic E-state index is -0.0419. The van der Waals surface area contributed by atoms with Gasteiger partial charge in [0.15, 0.2) is 0 Å². The first-order valence-corrected chi connectivity index (χ1v) is 4.80. The van der Waals surface area contributed by atoms with Crippen molar-refractivity contribution in [3.05, 3.63) is 0 Å². The maximum Gasteiger partial charge on any atom is 0.317 e. The van der Waals surface area contributed by atoms with Crippen LogP contribution in [0.25, 0.3) is 0 Å². The maximum absolute atomic E-state index is 11.3. The molecule has 1 unspecified atom stereocenters. The van der Waals surface area contributed by atoms with Gasteiger partial charge >= 0.3 is 6.03 Å². The van der Waals surface area contributed by atoms with Gasteiger partial charge in [-0.25, -0.2) is 4.79 Å². The Hall–Kier alpha value is -0.770. The molecule has 76 valence electrons. The Bertz CT molecular complexity index is 182. The number of rotatable bonds is 4. The molecule has 1 rings (SSSR count). The van der Waals surface area contributed by atoms with Crippen molar-refractivity contribution >= 4 is 6.03 Å². The average Bonchev–Trinajstić information content (AvgIpc) is 2.47. The molecule has 0 radical (unpaired) electrons. The normalized spacial score (nSPS) is 19.4. The Balaban J connectivity index is 2.49. The number of aliphatic hydroxyl groups is 1. The number of aliphatic hydroxyl groups excluding tert-OH is 1. The van der Waals surface area contributed by atoms with Crippen LogP contribution in [0.1, 0.15) is 20.3 Å². The fourth-order valence-electron chi connectivity index (χ4n) is 1.68. The van der Waals surface area contributed by atoms with Gasteiger partial charge in [-0.1, -0.05) is 13.8 Å². The van der Waals surface area contributed by atoms with E-state index in [0.29, 0.717) is 12.5 Å². The van der Waals surface area contributed by atoms with Gasteiger partial charge in [-0.2, -0.15) is 0 Å².